The minimum Gasteiger partial charge on any atom is -0.289 e. The van der Waals surface area contributed by atoms with Gasteiger partial charge in [-0.05, 0) is 0 Å². The van der Waals surface area contributed by atoms with Crippen LogP contribution in [0.25, 0.3) is 0 Å². The van der Waals surface area contributed by atoms with Crippen LogP contribution in [0.3, 0.4) is 0 Å². The zero-order valence-electron chi connectivity index (χ0n) is 6.75. The molecule has 0 aliphatic heterocycles. The first-order valence-corrected chi connectivity index (χ1v) is 3.26. The van der Waals surface area contributed by atoms with Crippen LogP contribution in [0.15, 0.2) is 0 Å². The van der Waals surface area contributed by atoms with E-state index in [0.717, 1.165) is 0 Å². The van der Waals surface area contributed by atoms with Gasteiger partial charge in [0, 0.05) is 0 Å². The highest BCUT2D eigenvalue weighted by Crippen LogP contribution is 1.56. The van der Waals surface area contributed by atoms with Gasteiger partial charge in [0.05, 0.1) is 0 Å². The first-order valence-electron chi connectivity index (χ1n) is 3.26. The molecule has 0 N–H and O–H groups in total. The van der Waals surface area contributed by atoms with E-state index in [1.807, 2.05) is 0 Å². The number of hydrogen-bond acceptors (Lipinski definition) is 0. The van der Waals surface area contributed by atoms with Crippen LogP contribution < -0.4 is 0 Å². The van der Waals surface area contributed by atoms with Gasteiger partial charge < -0.3 is 0 Å². The van der Waals surface area contributed by atoms with Gasteiger partial charge >= 0.3 is 7.83 Å². The highest BCUT2D eigenvalue weighted by Gasteiger charge is 1.62. The Labute approximate surface area is 58.0 Å². The van der Waals surface area contributed by atoms with Crippen molar-refractivity contribution < 1.29 is 8.63 Å². The van der Waals surface area contributed by atoms with Crippen LogP contribution in [0.4, 0.5) is 8.63 Å². The summed E-state index contributed by atoms with van der Waals surface area (Å²) in [7, 11) is -1.00. The normalized spacial score (nSPS) is 5.56. The van der Waals surface area contributed by atoms with Crippen molar-refractivity contribution in [2.45, 2.75) is 40.5 Å². The maximum absolute atomic E-state index is 9.50. The van der Waals surface area contributed by atoms with E-state index < -0.39 is 7.83 Å². The van der Waals surface area contributed by atoms with Crippen LogP contribution in [-0.2, 0) is 0 Å². The molecule has 0 spiro atoms. The Kier molecular flexibility index (Phi) is 78.8. The van der Waals surface area contributed by atoms with Gasteiger partial charge in [-0.25, -0.2) is 0 Å². The predicted molar refractivity (Wildman–Crippen MR) is 39.9 cm³/mol. The van der Waals surface area contributed by atoms with Gasteiger partial charge in [0.15, 0.2) is 0 Å². The lowest BCUT2D eigenvalue weighted by Crippen LogP contribution is -1.45. The Hall–Kier alpha value is -0.0751. The molecule has 0 bridgehead atoms. The molecular formula is C6H16BF2. The summed E-state index contributed by atoms with van der Waals surface area (Å²) in [5, 5.41) is 0. The summed E-state index contributed by atoms with van der Waals surface area (Å²) in [5.41, 5.74) is 0. The van der Waals surface area contributed by atoms with Crippen molar-refractivity contribution >= 4 is 7.83 Å². The highest BCUT2D eigenvalue weighted by atomic mass is 19.2. The zero-order valence-corrected chi connectivity index (χ0v) is 6.75. The van der Waals surface area contributed by atoms with Crippen molar-refractivity contribution in [3.05, 3.63) is 0 Å². The van der Waals surface area contributed by atoms with E-state index in [4.69, 9.17) is 0 Å². The van der Waals surface area contributed by atoms with Crippen LogP contribution in [0.1, 0.15) is 40.5 Å². The second-order valence-electron chi connectivity index (χ2n) is 1.50. The van der Waals surface area contributed by atoms with Crippen molar-refractivity contribution in [2.75, 3.05) is 0 Å². The fraction of sp³-hybridized carbons (Fsp3) is 1.00. The Morgan fingerprint density at radius 3 is 0.889 bits per heavy atom. The smallest absolute Gasteiger partial charge is 0.289 e. The van der Waals surface area contributed by atoms with Gasteiger partial charge in [-0.15, -0.1) is 0 Å². The quantitative estimate of drug-likeness (QED) is 0.449. The van der Waals surface area contributed by atoms with Crippen molar-refractivity contribution in [1.29, 1.82) is 0 Å². The molecule has 0 saturated heterocycles. The van der Waals surface area contributed by atoms with Crippen molar-refractivity contribution in [2.24, 2.45) is 0 Å². The van der Waals surface area contributed by atoms with Crippen molar-refractivity contribution in [3.63, 3.8) is 0 Å². The Balaban J connectivity index is -0.0000000600. The summed E-state index contributed by atoms with van der Waals surface area (Å²) in [6.07, 6.45) is 2.50. The Morgan fingerprint density at radius 2 is 0.889 bits per heavy atom. The van der Waals surface area contributed by atoms with E-state index in [-0.39, 0.29) is 0 Å². The van der Waals surface area contributed by atoms with E-state index in [1.54, 1.807) is 0 Å². The summed E-state index contributed by atoms with van der Waals surface area (Å²) in [6.45, 7) is 8.50. The lowest BCUT2D eigenvalue weighted by atomic mass is 10.6. The topological polar surface area (TPSA) is 0 Å². The van der Waals surface area contributed by atoms with E-state index in [0.29, 0.717) is 0 Å². The van der Waals surface area contributed by atoms with Gasteiger partial charge in [0.25, 0.3) is 0 Å². The maximum Gasteiger partial charge on any atom is 0.577 e. The standard InChI is InChI=1S/2C3H8.BF2/c2*1-3-2;2-1-3/h2*3H2,1-2H3;. The monoisotopic (exact) mass is 137 g/mol. The molecule has 0 aromatic rings. The van der Waals surface area contributed by atoms with Crippen LogP contribution >= 0.6 is 0 Å². The molecule has 0 fully saturated rings. The summed E-state index contributed by atoms with van der Waals surface area (Å²) < 4.78 is 19.0. The van der Waals surface area contributed by atoms with Crippen LogP contribution in [0.2, 0.25) is 0 Å². The molecule has 0 aromatic carbocycles. The minimum absolute atomic E-state index is 1.00. The third-order valence-corrected chi connectivity index (χ3v) is 0. The first kappa shape index (κ1) is 16.0. The molecule has 0 heterocycles. The van der Waals surface area contributed by atoms with Crippen molar-refractivity contribution in [1.82, 2.24) is 0 Å². The third-order valence-electron chi connectivity index (χ3n) is 0. The molecule has 0 amide bonds. The molecule has 57 valence electrons. The highest BCUT2D eigenvalue weighted by molar-refractivity contribution is 6.15. The molecule has 0 nitrogen and oxygen atoms in total. The van der Waals surface area contributed by atoms with Gasteiger partial charge in [-0.3, -0.25) is 8.63 Å². The molecular weight excluding hydrogens is 121 g/mol. The fourth-order valence-electron chi connectivity index (χ4n) is 0. The number of rotatable bonds is 0. The molecule has 3 heteroatoms. The van der Waals surface area contributed by atoms with Gasteiger partial charge in [0.2, 0.25) is 0 Å². The SMILES string of the molecule is CCC.CCC.F[B]F. The summed E-state index contributed by atoms with van der Waals surface area (Å²) in [5.74, 6) is 0. The predicted octanol–water partition coefficient (Wildman–Crippen LogP) is 3.29. The third kappa shape index (κ3) is 49400. The molecule has 1 radical (unpaired) electrons. The van der Waals surface area contributed by atoms with Crippen LogP contribution in [0.5, 0.6) is 0 Å². The lowest BCUT2D eigenvalue weighted by molar-refractivity contribution is 0.712. The summed E-state index contributed by atoms with van der Waals surface area (Å²) >= 11 is 0. The molecule has 9 heavy (non-hydrogen) atoms. The van der Waals surface area contributed by atoms with Crippen molar-refractivity contribution in [3.8, 4) is 0 Å². The largest absolute Gasteiger partial charge is 0.577 e. The zero-order chi connectivity index (χ0) is 8.12. The van der Waals surface area contributed by atoms with Gasteiger partial charge in [-0.2, -0.15) is 0 Å². The molecule has 0 aromatic heterocycles. The molecule has 0 rings (SSSR count). The first-order chi connectivity index (χ1) is 4.24. The molecule has 0 aliphatic rings. The van der Waals surface area contributed by atoms with Crippen LogP contribution in [0, 0.1) is 0 Å². The molecule has 0 unspecified atom stereocenters. The molecule has 0 saturated carbocycles. The van der Waals surface area contributed by atoms with Gasteiger partial charge in [0.1, 0.15) is 0 Å². The summed E-state index contributed by atoms with van der Waals surface area (Å²) in [6, 6.07) is 0. The Bertz CT molecular complexity index is 15.8. The minimum atomic E-state index is -1.00. The molecule has 0 aliphatic carbocycles. The average Bonchev–Trinajstić information content (AvgIpc) is 1.70. The van der Waals surface area contributed by atoms with E-state index in [1.165, 1.54) is 12.8 Å². The maximum atomic E-state index is 9.50. The second-order valence-corrected chi connectivity index (χ2v) is 1.50. The van der Waals surface area contributed by atoms with E-state index in [2.05, 4.69) is 27.7 Å². The van der Waals surface area contributed by atoms with Gasteiger partial charge in [-0.1, -0.05) is 40.5 Å². The number of halogens is 2. The Morgan fingerprint density at radius 1 is 0.889 bits per heavy atom. The lowest BCUT2D eigenvalue weighted by Gasteiger charge is -1.48. The molecule has 0 atom stereocenters. The van der Waals surface area contributed by atoms with Crippen LogP contribution in [-0.4, -0.2) is 7.83 Å². The fourth-order valence-corrected chi connectivity index (χ4v) is 0. The average molecular weight is 137 g/mol. The summed E-state index contributed by atoms with van der Waals surface area (Å²) in [4.78, 5) is 0. The van der Waals surface area contributed by atoms with E-state index >= 15 is 0 Å². The second kappa shape index (κ2) is 44.4. The van der Waals surface area contributed by atoms with E-state index in [9.17, 15) is 8.63 Å². The number of hydrogen-bond donors (Lipinski definition) is 0.